The predicted molar refractivity (Wildman–Crippen MR) is 88.0 cm³/mol. The molecule has 0 atom stereocenters. The second-order valence-corrected chi connectivity index (χ2v) is 7.15. The minimum Gasteiger partial charge on any atom is -0.480 e. The number of rotatable bonds is 4. The third-order valence-electron chi connectivity index (χ3n) is 3.67. The molecule has 1 heterocycles. The lowest BCUT2D eigenvalue weighted by Crippen LogP contribution is -2.33. The third kappa shape index (κ3) is 4.41. The fourth-order valence-electron chi connectivity index (χ4n) is 2.70. The van der Waals surface area contributed by atoms with Crippen LogP contribution in [0.15, 0.2) is 22.6 Å². The van der Waals surface area contributed by atoms with Crippen LogP contribution in [0.4, 0.5) is 0 Å². The zero-order valence-corrected chi connectivity index (χ0v) is 13.6. The number of allylic oxidation sites excluding steroid dienone is 3. The minimum atomic E-state index is -1.05. The fraction of sp³-hybridized carbons (Fsp3) is 0.533. The highest BCUT2D eigenvalue weighted by atomic mass is 32.2. The van der Waals surface area contributed by atoms with Crippen molar-refractivity contribution in [2.75, 3.05) is 6.54 Å². The molecular weight excluding hydrogens is 306 g/mol. The smallest absolute Gasteiger partial charge is 0.323 e. The summed E-state index contributed by atoms with van der Waals surface area (Å²) in [6.07, 6.45) is 10.3. The van der Waals surface area contributed by atoms with Gasteiger partial charge in [0.2, 0.25) is 0 Å². The van der Waals surface area contributed by atoms with Crippen LogP contribution in [0.25, 0.3) is 0 Å². The first-order valence-electron chi connectivity index (χ1n) is 7.13. The average Bonchev–Trinajstić information content (AvgIpc) is 2.67. The van der Waals surface area contributed by atoms with Gasteiger partial charge in [0.05, 0.1) is 4.91 Å². The summed E-state index contributed by atoms with van der Waals surface area (Å²) < 4.78 is 0.319. The first-order chi connectivity index (χ1) is 9.97. The Morgan fingerprint density at radius 1 is 1.43 bits per heavy atom. The Bertz CT molecular complexity index is 519. The summed E-state index contributed by atoms with van der Waals surface area (Å²) in [6, 6.07) is 0. The third-order valence-corrected chi connectivity index (χ3v) is 5.05. The van der Waals surface area contributed by atoms with E-state index < -0.39 is 5.97 Å². The molecule has 0 bridgehead atoms. The van der Waals surface area contributed by atoms with Crippen molar-refractivity contribution in [1.29, 1.82) is 0 Å². The standard InChI is InChI=1S/C15H19NO3S2/c1-10(7-11-5-3-2-4-6-11)8-12-14(19)16(9-13(17)18)15(20)21-12/h7-8,11H,2-6,9H2,1H3,(H,17,18)/b10-7+,12-8-. The molecule has 0 aromatic carbocycles. The van der Waals surface area contributed by atoms with E-state index in [4.69, 9.17) is 17.3 Å². The summed E-state index contributed by atoms with van der Waals surface area (Å²) in [5.74, 6) is -0.759. The maximum absolute atomic E-state index is 12.1. The van der Waals surface area contributed by atoms with Crippen molar-refractivity contribution in [1.82, 2.24) is 4.90 Å². The van der Waals surface area contributed by atoms with E-state index in [-0.39, 0.29) is 12.5 Å². The van der Waals surface area contributed by atoms with Crippen molar-refractivity contribution in [3.8, 4) is 0 Å². The van der Waals surface area contributed by atoms with Gasteiger partial charge in [-0.1, -0.05) is 54.9 Å². The number of carboxylic acids is 1. The van der Waals surface area contributed by atoms with Crippen LogP contribution in [0.1, 0.15) is 39.0 Å². The Labute approximate surface area is 134 Å². The highest BCUT2D eigenvalue weighted by Crippen LogP contribution is 2.32. The van der Waals surface area contributed by atoms with E-state index in [1.165, 1.54) is 43.9 Å². The molecule has 0 unspecified atom stereocenters. The fourth-order valence-corrected chi connectivity index (χ4v) is 4.00. The molecule has 2 rings (SSSR count). The molecule has 6 heteroatoms. The summed E-state index contributed by atoms with van der Waals surface area (Å²) in [5.41, 5.74) is 1.05. The summed E-state index contributed by atoms with van der Waals surface area (Å²) in [4.78, 5) is 24.5. The Morgan fingerprint density at radius 3 is 2.71 bits per heavy atom. The van der Waals surface area contributed by atoms with Gasteiger partial charge in [-0.25, -0.2) is 0 Å². The minimum absolute atomic E-state index is 0.302. The Balaban J connectivity index is 2.06. The Hall–Kier alpha value is -1.14. The second kappa shape index (κ2) is 7.22. The highest BCUT2D eigenvalue weighted by Gasteiger charge is 2.33. The molecule has 1 saturated carbocycles. The molecule has 21 heavy (non-hydrogen) atoms. The van der Waals surface area contributed by atoms with Gasteiger partial charge >= 0.3 is 5.97 Å². The van der Waals surface area contributed by atoms with Crippen molar-refractivity contribution < 1.29 is 14.7 Å². The molecule has 114 valence electrons. The number of thiocarbonyl (C=S) groups is 1. The van der Waals surface area contributed by atoms with Crippen LogP contribution in [-0.4, -0.2) is 32.7 Å². The number of hydrogen-bond donors (Lipinski definition) is 1. The first-order valence-corrected chi connectivity index (χ1v) is 8.35. The lowest BCUT2D eigenvalue weighted by atomic mass is 9.88. The van der Waals surface area contributed by atoms with E-state index in [1.54, 1.807) is 0 Å². The van der Waals surface area contributed by atoms with E-state index in [0.29, 0.717) is 15.1 Å². The maximum Gasteiger partial charge on any atom is 0.323 e. The number of hydrogen-bond acceptors (Lipinski definition) is 4. The summed E-state index contributed by atoms with van der Waals surface area (Å²) in [6.45, 7) is 1.62. The monoisotopic (exact) mass is 325 g/mol. The molecule has 0 aromatic rings. The topological polar surface area (TPSA) is 57.6 Å². The Morgan fingerprint density at radius 2 is 2.10 bits per heavy atom. The Kier molecular flexibility index (Phi) is 5.58. The second-order valence-electron chi connectivity index (χ2n) is 5.47. The van der Waals surface area contributed by atoms with E-state index in [9.17, 15) is 9.59 Å². The van der Waals surface area contributed by atoms with Crippen LogP contribution in [0, 0.1) is 5.92 Å². The highest BCUT2D eigenvalue weighted by molar-refractivity contribution is 8.26. The summed E-state index contributed by atoms with van der Waals surface area (Å²) >= 11 is 6.25. The lowest BCUT2D eigenvalue weighted by molar-refractivity contribution is -0.140. The van der Waals surface area contributed by atoms with Crippen molar-refractivity contribution >= 4 is 40.2 Å². The molecular formula is C15H19NO3S2. The van der Waals surface area contributed by atoms with Gasteiger partial charge in [-0.2, -0.15) is 0 Å². The normalized spacial score (nSPS) is 23.2. The van der Waals surface area contributed by atoms with E-state index in [2.05, 4.69) is 6.08 Å². The molecule has 2 aliphatic rings. The number of nitrogens with zero attached hydrogens (tertiary/aromatic N) is 1. The van der Waals surface area contributed by atoms with Gasteiger partial charge in [-0.15, -0.1) is 0 Å². The van der Waals surface area contributed by atoms with Crippen molar-refractivity contribution in [3.63, 3.8) is 0 Å². The van der Waals surface area contributed by atoms with Crippen LogP contribution in [0.2, 0.25) is 0 Å². The van der Waals surface area contributed by atoms with Crippen LogP contribution < -0.4 is 0 Å². The van der Waals surface area contributed by atoms with Gasteiger partial charge in [0.15, 0.2) is 0 Å². The van der Waals surface area contributed by atoms with Crippen LogP contribution in [0.3, 0.4) is 0 Å². The van der Waals surface area contributed by atoms with E-state index in [0.717, 1.165) is 10.5 Å². The van der Waals surface area contributed by atoms with E-state index in [1.807, 2.05) is 13.0 Å². The van der Waals surface area contributed by atoms with Gasteiger partial charge in [0, 0.05) is 0 Å². The molecule has 2 fully saturated rings. The number of aliphatic carboxylic acids is 1. The predicted octanol–water partition coefficient (Wildman–Crippen LogP) is 3.34. The number of thioether (sulfide) groups is 1. The van der Waals surface area contributed by atoms with Gasteiger partial charge < -0.3 is 5.11 Å². The number of carboxylic acid groups (broad SMARTS) is 1. The average molecular weight is 325 g/mol. The first kappa shape index (κ1) is 16.2. The molecule has 1 amide bonds. The molecule has 0 aromatic heterocycles. The summed E-state index contributed by atoms with van der Waals surface area (Å²) in [7, 11) is 0. The molecule has 1 aliphatic heterocycles. The van der Waals surface area contributed by atoms with Gasteiger partial charge in [-0.05, 0) is 31.8 Å². The molecule has 0 radical (unpaired) electrons. The molecule has 4 nitrogen and oxygen atoms in total. The van der Waals surface area contributed by atoms with Crippen LogP contribution in [0.5, 0.6) is 0 Å². The molecule has 1 aliphatic carbocycles. The van der Waals surface area contributed by atoms with Crippen LogP contribution >= 0.6 is 24.0 Å². The van der Waals surface area contributed by atoms with Gasteiger partial charge in [-0.3, -0.25) is 14.5 Å². The lowest BCUT2D eigenvalue weighted by Gasteiger charge is -2.18. The molecule has 1 N–H and O–H groups in total. The number of carbonyl (C=O) groups excluding carboxylic acids is 1. The molecule has 1 saturated heterocycles. The zero-order chi connectivity index (χ0) is 15.4. The van der Waals surface area contributed by atoms with Crippen LogP contribution in [-0.2, 0) is 9.59 Å². The molecule has 0 spiro atoms. The van der Waals surface area contributed by atoms with Crippen molar-refractivity contribution in [2.45, 2.75) is 39.0 Å². The van der Waals surface area contributed by atoms with Crippen molar-refractivity contribution in [3.05, 3.63) is 22.6 Å². The summed E-state index contributed by atoms with van der Waals surface area (Å²) in [5, 5.41) is 8.80. The zero-order valence-electron chi connectivity index (χ0n) is 12.0. The SMILES string of the molecule is CC(/C=C1\SC(=S)N(CC(=O)O)C1=O)=C\C1CCCCC1. The van der Waals surface area contributed by atoms with Crippen molar-refractivity contribution in [2.24, 2.45) is 5.92 Å². The number of carbonyl (C=O) groups is 2. The number of amides is 1. The maximum atomic E-state index is 12.1. The van der Waals surface area contributed by atoms with Gasteiger partial charge in [0.1, 0.15) is 10.9 Å². The van der Waals surface area contributed by atoms with E-state index >= 15 is 0 Å². The quantitative estimate of drug-likeness (QED) is 0.634. The van der Waals surface area contributed by atoms with Gasteiger partial charge in [0.25, 0.3) is 5.91 Å². The largest absolute Gasteiger partial charge is 0.480 e.